The minimum atomic E-state index is 0.864. The van der Waals surface area contributed by atoms with E-state index in [1.54, 1.807) is 19.5 Å². The van der Waals surface area contributed by atoms with Crippen molar-refractivity contribution in [2.75, 3.05) is 7.11 Å². The number of rotatable bonds is 3. The Balaban J connectivity index is 1.89. The summed E-state index contributed by atoms with van der Waals surface area (Å²) < 4.78 is 7.24. The van der Waals surface area contributed by atoms with Gasteiger partial charge in [-0.05, 0) is 35.4 Å². The van der Waals surface area contributed by atoms with Crippen LogP contribution in [0.15, 0.2) is 73.3 Å². The average Bonchev–Trinajstić information content (AvgIpc) is 2.56. The monoisotopic (exact) mass is 263 g/mol. The first-order valence-corrected chi connectivity index (χ1v) is 6.43. The van der Waals surface area contributed by atoms with Gasteiger partial charge in [-0.1, -0.05) is 0 Å². The molecule has 3 nitrogen and oxygen atoms in total. The molecule has 3 aromatic rings. The minimum absolute atomic E-state index is 0.864. The topological polar surface area (TPSA) is 26.0 Å². The zero-order valence-electron chi connectivity index (χ0n) is 11.2. The minimum Gasteiger partial charge on any atom is -0.497 e. The van der Waals surface area contributed by atoms with E-state index in [0.29, 0.717) is 0 Å². The largest absolute Gasteiger partial charge is 0.497 e. The maximum atomic E-state index is 5.17. The second kappa shape index (κ2) is 5.53. The number of hydrogen-bond donors (Lipinski definition) is 0. The van der Waals surface area contributed by atoms with Crippen molar-refractivity contribution in [1.82, 2.24) is 4.98 Å². The van der Waals surface area contributed by atoms with Crippen LogP contribution in [0.4, 0.5) is 0 Å². The normalized spacial score (nSPS) is 10.2. The van der Waals surface area contributed by atoms with Crippen molar-refractivity contribution < 1.29 is 9.30 Å². The lowest BCUT2D eigenvalue weighted by Gasteiger charge is -2.01. The Hall–Kier alpha value is -2.68. The average molecular weight is 263 g/mol. The van der Waals surface area contributed by atoms with Crippen LogP contribution in [-0.4, -0.2) is 12.1 Å². The lowest BCUT2D eigenvalue weighted by atomic mass is 10.1. The van der Waals surface area contributed by atoms with E-state index in [2.05, 4.69) is 34.1 Å². The van der Waals surface area contributed by atoms with Crippen LogP contribution in [0.2, 0.25) is 0 Å². The fourth-order valence-electron chi connectivity index (χ4n) is 2.09. The molecule has 0 aliphatic rings. The summed E-state index contributed by atoms with van der Waals surface area (Å²) in [6.45, 7) is 0. The lowest BCUT2D eigenvalue weighted by molar-refractivity contribution is -0.595. The highest BCUT2D eigenvalue weighted by atomic mass is 16.5. The summed E-state index contributed by atoms with van der Waals surface area (Å²) in [5, 5.41) is 0. The molecule has 0 aliphatic carbocycles. The number of benzene rings is 1. The van der Waals surface area contributed by atoms with Crippen LogP contribution in [0.5, 0.6) is 5.75 Å². The molecule has 2 heterocycles. The number of nitrogens with zero attached hydrogens (tertiary/aromatic N) is 2. The van der Waals surface area contributed by atoms with E-state index in [1.807, 2.05) is 36.4 Å². The van der Waals surface area contributed by atoms with E-state index in [0.717, 1.165) is 11.4 Å². The number of ether oxygens (including phenoxy) is 1. The summed E-state index contributed by atoms with van der Waals surface area (Å²) in [5.74, 6) is 0.864. The number of aromatic nitrogens is 2. The predicted molar refractivity (Wildman–Crippen MR) is 77.8 cm³/mol. The number of pyridine rings is 2. The molecule has 0 fully saturated rings. The maximum Gasteiger partial charge on any atom is 0.210 e. The van der Waals surface area contributed by atoms with Gasteiger partial charge in [-0.15, -0.1) is 0 Å². The molecule has 98 valence electrons. The Labute approximate surface area is 118 Å². The van der Waals surface area contributed by atoms with Crippen LogP contribution >= 0.6 is 0 Å². The van der Waals surface area contributed by atoms with E-state index in [-0.39, 0.29) is 0 Å². The van der Waals surface area contributed by atoms with E-state index in [9.17, 15) is 0 Å². The summed E-state index contributed by atoms with van der Waals surface area (Å²) in [7, 11) is 1.67. The van der Waals surface area contributed by atoms with Gasteiger partial charge in [0.25, 0.3) is 0 Å². The molecular weight excluding hydrogens is 248 g/mol. The Morgan fingerprint density at radius 1 is 0.800 bits per heavy atom. The van der Waals surface area contributed by atoms with Gasteiger partial charge in [0.2, 0.25) is 5.69 Å². The third-order valence-corrected chi connectivity index (χ3v) is 3.21. The van der Waals surface area contributed by atoms with E-state index in [4.69, 9.17) is 4.74 Å². The second-order valence-corrected chi connectivity index (χ2v) is 4.43. The molecule has 0 unspecified atom stereocenters. The molecule has 0 saturated carbocycles. The SMILES string of the molecule is COc1ccc(-[n+]2ccc(-c3ccncc3)cc2)cc1. The molecule has 20 heavy (non-hydrogen) atoms. The van der Waals surface area contributed by atoms with Crippen LogP contribution in [0, 0.1) is 0 Å². The standard InChI is InChI=1S/C17H15N2O/c1-20-17-4-2-16(3-5-17)19-12-8-15(9-13-19)14-6-10-18-11-7-14/h2-13H,1H3/q+1. The van der Waals surface area contributed by atoms with Gasteiger partial charge in [0.05, 0.1) is 7.11 Å². The van der Waals surface area contributed by atoms with Crippen molar-refractivity contribution in [3.8, 4) is 22.6 Å². The third-order valence-electron chi connectivity index (χ3n) is 3.21. The molecule has 3 rings (SSSR count). The van der Waals surface area contributed by atoms with E-state index >= 15 is 0 Å². The highest BCUT2D eigenvalue weighted by Gasteiger charge is 2.06. The van der Waals surface area contributed by atoms with Gasteiger partial charge in [-0.25, -0.2) is 0 Å². The van der Waals surface area contributed by atoms with Crippen LogP contribution < -0.4 is 9.30 Å². The second-order valence-electron chi connectivity index (χ2n) is 4.43. The van der Waals surface area contributed by atoms with E-state index < -0.39 is 0 Å². The number of hydrogen-bond acceptors (Lipinski definition) is 2. The first-order chi connectivity index (χ1) is 9.86. The smallest absolute Gasteiger partial charge is 0.210 e. The predicted octanol–water partition coefficient (Wildman–Crippen LogP) is 3.03. The van der Waals surface area contributed by atoms with Gasteiger partial charge in [0.1, 0.15) is 5.75 Å². The van der Waals surface area contributed by atoms with Gasteiger partial charge >= 0.3 is 0 Å². The van der Waals surface area contributed by atoms with Gasteiger partial charge in [0.15, 0.2) is 12.4 Å². The fraction of sp³-hybridized carbons (Fsp3) is 0.0588. The van der Waals surface area contributed by atoms with Crippen LogP contribution in [0.25, 0.3) is 16.8 Å². The Bertz CT molecular complexity index is 676. The van der Waals surface area contributed by atoms with Gasteiger partial charge < -0.3 is 4.74 Å². The summed E-state index contributed by atoms with van der Waals surface area (Å²) >= 11 is 0. The van der Waals surface area contributed by atoms with Crippen molar-refractivity contribution in [3.63, 3.8) is 0 Å². The van der Waals surface area contributed by atoms with Gasteiger partial charge in [-0.3, -0.25) is 4.98 Å². The van der Waals surface area contributed by atoms with Crippen molar-refractivity contribution in [1.29, 1.82) is 0 Å². The highest BCUT2D eigenvalue weighted by Crippen LogP contribution is 2.16. The van der Waals surface area contributed by atoms with E-state index in [1.165, 1.54) is 11.1 Å². The molecule has 3 heteroatoms. The molecule has 0 spiro atoms. The molecule has 0 amide bonds. The highest BCUT2D eigenvalue weighted by molar-refractivity contribution is 5.61. The zero-order valence-corrected chi connectivity index (χ0v) is 11.2. The molecule has 0 radical (unpaired) electrons. The first-order valence-electron chi connectivity index (χ1n) is 6.43. The first kappa shape index (κ1) is 12.4. The van der Waals surface area contributed by atoms with Gasteiger partial charge in [-0.2, -0.15) is 4.57 Å². The summed E-state index contributed by atoms with van der Waals surface area (Å²) in [6.07, 6.45) is 7.72. The molecule has 0 bridgehead atoms. The quantitative estimate of drug-likeness (QED) is 0.679. The Morgan fingerprint density at radius 3 is 2.00 bits per heavy atom. The summed E-state index contributed by atoms with van der Waals surface area (Å²) in [6, 6.07) is 16.2. The van der Waals surface area contributed by atoms with Crippen LogP contribution in [0.1, 0.15) is 0 Å². The Morgan fingerprint density at radius 2 is 1.40 bits per heavy atom. The van der Waals surface area contributed by atoms with Crippen molar-refractivity contribution in [2.45, 2.75) is 0 Å². The van der Waals surface area contributed by atoms with Crippen LogP contribution in [-0.2, 0) is 0 Å². The van der Waals surface area contributed by atoms with Crippen molar-refractivity contribution >= 4 is 0 Å². The fourth-order valence-corrected chi connectivity index (χ4v) is 2.09. The zero-order chi connectivity index (χ0) is 13.8. The van der Waals surface area contributed by atoms with Gasteiger partial charge in [0, 0.05) is 36.7 Å². The number of methoxy groups -OCH3 is 1. The molecule has 0 aliphatic heterocycles. The molecular formula is C17H15N2O+. The molecule has 0 saturated heterocycles. The lowest BCUT2D eigenvalue weighted by Crippen LogP contribution is -2.28. The summed E-state index contributed by atoms with van der Waals surface area (Å²) in [4.78, 5) is 4.04. The van der Waals surface area contributed by atoms with Crippen molar-refractivity contribution in [2.24, 2.45) is 0 Å². The molecule has 1 aromatic carbocycles. The molecule has 0 N–H and O–H groups in total. The van der Waals surface area contributed by atoms with Crippen molar-refractivity contribution in [3.05, 3.63) is 73.3 Å². The molecule has 0 atom stereocenters. The third kappa shape index (κ3) is 2.52. The summed E-state index contributed by atoms with van der Waals surface area (Å²) in [5.41, 5.74) is 3.45. The van der Waals surface area contributed by atoms with Crippen LogP contribution in [0.3, 0.4) is 0 Å². The maximum absolute atomic E-state index is 5.17. The molecule has 2 aromatic heterocycles. The Kier molecular flexibility index (Phi) is 3.42.